The van der Waals surface area contributed by atoms with Crippen molar-refractivity contribution in [3.05, 3.63) is 48.3 Å². The van der Waals surface area contributed by atoms with Crippen molar-refractivity contribution in [3.8, 4) is 11.3 Å². The van der Waals surface area contributed by atoms with Crippen LogP contribution in [0.2, 0.25) is 0 Å². The third kappa shape index (κ3) is 4.56. The van der Waals surface area contributed by atoms with Crippen LogP contribution in [0.1, 0.15) is 30.3 Å². The van der Waals surface area contributed by atoms with Crippen LogP contribution in [0.3, 0.4) is 0 Å². The number of rotatable bonds is 8. The zero-order chi connectivity index (χ0) is 22.6. The summed E-state index contributed by atoms with van der Waals surface area (Å²) in [6, 6.07) is 11.2. The summed E-state index contributed by atoms with van der Waals surface area (Å²) in [4.78, 5) is 24.4. The molecule has 0 aliphatic carbocycles. The molecular formula is C23H25N7O2S. The van der Waals surface area contributed by atoms with E-state index < -0.39 is 0 Å². The van der Waals surface area contributed by atoms with Gasteiger partial charge in [0.2, 0.25) is 0 Å². The fourth-order valence-corrected chi connectivity index (χ4v) is 4.50. The normalized spacial score (nSPS) is 13.7. The highest BCUT2D eigenvalue weighted by atomic mass is 32.2. The van der Waals surface area contributed by atoms with Gasteiger partial charge >= 0.3 is 0 Å². The number of aromatic nitrogens is 5. The lowest BCUT2D eigenvalue weighted by atomic mass is 10.1. The first-order chi connectivity index (χ1) is 16.2. The molecule has 10 heteroatoms. The zero-order valence-corrected chi connectivity index (χ0v) is 19.2. The predicted molar refractivity (Wildman–Crippen MR) is 127 cm³/mol. The van der Waals surface area contributed by atoms with Crippen LogP contribution in [-0.2, 0) is 6.54 Å². The molecular weight excluding hydrogens is 438 g/mol. The molecule has 5 rings (SSSR count). The second kappa shape index (κ2) is 9.62. The Bertz CT molecular complexity index is 1250. The van der Waals surface area contributed by atoms with E-state index >= 15 is 0 Å². The third-order valence-electron chi connectivity index (χ3n) is 5.54. The van der Waals surface area contributed by atoms with Crippen molar-refractivity contribution >= 4 is 34.5 Å². The molecule has 0 unspecified atom stereocenters. The quantitative estimate of drug-likeness (QED) is 0.312. The lowest BCUT2D eigenvalue weighted by Gasteiger charge is -2.17. The molecule has 0 atom stereocenters. The maximum atomic E-state index is 12.5. The predicted octanol–water partition coefficient (Wildman–Crippen LogP) is 3.62. The molecule has 1 aromatic carbocycles. The van der Waals surface area contributed by atoms with Crippen LogP contribution in [0.4, 0.5) is 5.82 Å². The molecule has 0 spiro atoms. The van der Waals surface area contributed by atoms with Gasteiger partial charge in [-0.2, -0.15) is 5.10 Å². The Kier molecular flexibility index (Phi) is 6.25. The Morgan fingerprint density at radius 2 is 2.00 bits per heavy atom. The highest BCUT2D eigenvalue weighted by Gasteiger charge is 2.21. The van der Waals surface area contributed by atoms with Gasteiger partial charge in [0.05, 0.1) is 18.1 Å². The SMILES string of the molecule is CCSc1nc(N2CCCC2)c2cnn(CCNC(=O)c3cc(-c4ccccc4)on3)c2n1. The summed E-state index contributed by atoms with van der Waals surface area (Å²) in [7, 11) is 0. The highest BCUT2D eigenvalue weighted by molar-refractivity contribution is 7.99. The van der Waals surface area contributed by atoms with Crippen LogP contribution in [0.5, 0.6) is 0 Å². The third-order valence-corrected chi connectivity index (χ3v) is 6.27. The van der Waals surface area contributed by atoms with E-state index in [4.69, 9.17) is 14.5 Å². The minimum Gasteiger partial charge on any atom is -0.356 e. The number of fused-ring (bicyclic) bond motifs is 1. The van der Waals surface area contributed by atoms with Crippen molar-refractivity contribution in [1.82, 2.24) is 30.2 Å². The van der Waals surface area contributed by atoms with Crippen LogP contribution in [0.15, 0.2) is 52.3 Å². The number of carbonyl (C=O) groups is 1. The zero-order valence-electron chi connectivity index (χ0n) is 18.4. The second-order valence-electron chi connectivity index (χ2n) is 7.76. The fraction of sp³-hybridized carbons (Fsp3) is 0.348. The Labute approximate surface area is 195 Å². The molecule has 1 amide bonds. The van der Waals surface area contributed by atoms with Crippen molar-refractivity contribution in [1.29, 1.82) is 0 Å². The van der Waals surface area contributed by atoms with Gasteiger partial charge in [-0.25, -0.2) is 14.6 Å². The fourth-order valence-electron chi connectivity index (χ4n) is 3.93. The van der Waals surface area contributed by atoms with E-state index in [1.54, 1.807) is 17.8 Å². The van der Waals surface area contributed by atoms with Gasteiger partial charge in [-0.3, -0.25) is 4.79 Å². The van der Waals surface area contributed by atoms with E-state index in [-0.39, 0.29) is 11.6 Å². The Morgan fingerprint density at radius 3 is 2.79 bits per heavy atom. The summed E-state index contributed by atoms with van der Waals surface area (Å²) in [6.07, 6.45) is 4.18. The van der Waals surface area contributed by atoms with E-state index in [2.05, 4.69) is 27.4 Å². The molecule has 33 heavy (non-hydrogen) atoms. The molecule has 3 aromatic heterocycles. The number of benzene rings is 1. The lowest BCUT2D eigenvalue weighted by Crippen LogP contribution is -2.27. The summed E-state index contributed by atoms with van der Waals surface area (Å²) in [5.41, 5.74) is 1.92. The van der Waals surface area contributed by atoms with Crippen LogP contribution in [0.25, 0.3) is 22.4 Å². The van der Waals surface area contributed by atoms with E-state index in [1.807, 2.05) is 41.2 Å². The smallest absolute Gasteiger partial charge is 0.273 e. The Morgan fingerprint density at radius 1 is 1.18 bits per heavy atom. The molecule has 4 heterocycles. The standard InChI is InChI=1S/C23H25N7O2S/c1-2-33-23-26-20(29-11-6-7-12-29)17-15-25-30(21(17)27-23)13-10-24-22(31)18-14-19(32-28-18)16-8-4-3-5-9-16/h3-5,8-9,14-15H,2,6-7,10-13H2,1H3,(H,24,31). The van der Waals surface area contributed by atoms with Gasteiger partial charge in [-0.15, -0.1) is 0 Å². The second-order valence-corrected chi connectivity index (χ2v) is 8.99. The van der Waals surface area contributed by atoms with Crippen LogP contribution in [-0.4, -0.2) is 56.2 Å². The van der Waals surface area contributed by atoms with Gasteiger partial charge in [0.15, 0.2) is 22.3 Å². The van der Waals surface area contributed by atoms with Crippen molar-refractivity contribution in [2.24, 2.45) is 0 Å². The summed E-state index contributed by atoms with van der Waals surface area (Å²) < 4.78 is 7.16. The molecule has 4 aromatic rings. The summed E-state index contributed by atoms with van der Waals surface area (Å²) in [5, 5.41) is 13.0. The minimum atomic E-state index is -0.285. The Hall–Kier alpha value is -3.40. The van der Waals surface area contributed by atoms with Gasteiger partial charge in [0, 0.05) is 31.3 Å². The molecule has 1 saturated heterocycles. The van der Waals surface area contributed by atoms with Gasteiger partial charge in [0.25, 0.3) is 5.91 Å². The number of amides is 1. The summed E-state index contributed by atoms with van der Waals surface area (Å²) in [6.45, 7) is 4.99. The first-order valence-electron chi connectivity index (χ1n) is 11.1. The number of thioether (sulfide) groups is 1. The van der Waals surface area contributed by atoms with Crippen molar-refractivity contribution in [2.75, 3.05) is 30.3 Å². The van der Waals surface area contributed by atoms with Crippen molar-refractivity contribution in [3.63, 3.8) is 0 Å². The monoisotopic (exact) mass is 463 g/mol. The number of anilines is 1. The number of nitrogens with one attached hydrogen (secondary N) is 1. The molecule has 170 valence electrons. The minimum absolute atomic E-state index is 0.249. The van der Waals surface area contributed by atoms with Gasteiger partial charge in [-0.1, -0.05) is 54.2 Å². The maximum Gasteiger partial charge on any atom is 0.273 e. The first kappa shape index (κ1) is 21.4. The molecule has 0 saturated carbocycles. The van der Waals surface area contributed by atoms with E-state index in [1.165, 1.54) is 12.8 Å². The number of hydrogen-bond acceptors (Lipinski definition) is 8. The first-order valence-corrected chi connectivity index (χ1v) is 12.1. The summed E-state index contributed by atoms with van der Waals surface area (Å²) >= 11 is 1.62. The molecule has 0 bridgehead atoms. The van der Waals surface area contributed by atoms with E-state index in [0.717, 1.165) is 46.4 Å². The molecule has 1 aliphatic heterocycles. The number of hydrogen-bond donors (Lipinski definition) is 1. The molecule has 1 aliphatic rings. The van der Waals surface area contributed by atoms with Gasteiger partial charge in [0.1, 0.15) is 5.82 Å². The lowest BCUT2D eigenvalue weighted by molar-refractivity contribution is 0.0943. The largest absolute Gasteiger partial charge is 0.356 e. The molecule has 1 fully saturated rings. The average Bonchev–Trinajstić information content (AvgIpc) is 3.61. The van der Waals surface area contributed by atoms with Crippen LogP contribution in [0, 0.1) is 0 Å². The Balaban J connectivity index is 1.29. The van der Waals surface area contributed by atoms with Crippen LogP contribution >= 0.6 is 11.8 Å². The van der Waals surface area contributed by atoms with Crippen molar-refractivity contribution < 1.29 is 9.32 Å². The van der Waals surface area contributed by atoms with E-state index in [0.29, 0.717) is 18.8 Å². The maximum absolute atomic E-state index is 12.5. The van der Waals surface area contributed by atoms with Crippen molar-refractivity contribution in [2.45, 2.75) is 31.5 Å². The molecule has 1 N–H and O–H groups in total. The van der Waals surface area contributed by atoms with Gasteiger partial charge < -0.3 is 14.7 Å². The average molecular weight is 464 g/mol. The van der Waals surface area contributed by atoms with Crippen LogP contribution < -0.4 is 10.2 Å². The van der Waals surface area contributed by atoms with Gasteiger partial charge in [-0.05, 0) is 18.6 Å². The van der Waals surface area contributed by atoms with E-state index in [9.17, 15) is 4.79 Å². The summed E-state index contributed by atoms with van der Waals surface area (Å²) in [5.74, 6) is 2.13. The topological polar surface area (TPSA) is 102 Å². The highest BCUT2D eigenvalue weighted by Crippen LogP contribution is 2.29. The molecule has 0 radical (unpaired) electrons. The number of nitrogens with zero attached hydrogens (tertiary/aromatic N) is 6. The number of carbonyl (C=O) groups excluding carboxylic acids is 1. The molecule has 9 nitrogen and oxygen atoms in total.